The summed E-state index contributed by atoms with van der Waals surface area (Å²) in [5.41, 5.74) is -0.451. The maximum Gasteiger partial charge on any atom is 0.237 e. The summed E-state index contributed by atoms with van der Waals surface area (Å²) >= 11 is 1.18. The number of nitrogens with one attached hydrogen (secondary N) is 1. The Balaban J connectivity index is 2.56. The van der Waals surface area contributed by atoms with Gasteiger partial charge in [0.25, 0.3) is 0 Å². The number of aromatic nitrogens is 1. The van der Waals surface area contributed by atoms with Crippen LogP contribution in [0, 0.1) is 0 Å². The van der Waals surface area contributed by atoms with E-state index in [2.05, 4.69) is 10.3 Å². The van der Waals surface area contributed by atoms with E-state index in [4.69, 9.17) is 4.74 Å². The van der Waals surface area contributed by atoms with Crippen molar-refractivity contribution in [1.29, 1.82) is 0 Å². The fourth-order valence-electron chi connectivity index (χ4n) is 0.974. The summed E-state index contributed by atoms with van der Waals surface area (Å²) in [6.07, 6.45) is 0.338. The van der Waals surface area contributed by atoms with E-state index < -0.39 is 12.0 Å². The summed E-state index contributed by atoms with van der Waals surface area (Å²) in [6, 6.07) is 0. The Morgan fingerprint density at radius 1 is 1.62 bits per heavy atom. The van der Waals surface area contributed by atoms with Gasteiger partial charge in [-0.25, -0.2) is 4.98 Å². The van der Waals surface area contributed by atoms with E-state index in [1.54, 1.807) is 0 Å². The number of ether oxygens (including phenoxy) is 1. The predicted molar refractivity (Wildman–Crippen MR) is 62.6 cm³/mol. The molecule has 6 heteroatoms. The lowest BCUT2D eigenvalue weighted by Crippen LogP contribution is -2.32. The molecule has 0 spiro atoms. The van der Waals surface area contributed by atoms with E-state index >= 15 is 0 Å². The van der Waals surface area contributed by atoms with Crippen molar-refractivity contribution in [3.05, 3.63) is 11.1 Å². The van der Waals surface area contributed by atoms with Gasteiger partial charge in [0.15, 0.2) is 10.9 Å². The quantitative estimate of drug-likeness (QED) is 0.624. The number of Topliss-reactive ketones (excluding diaryl/α,β-unsaturated/α-hetero) is 1. The summed E-state index contributed by atoms with van der Waals surface area (Å²) in [5, 5.41) is 12.7. The lowest BCUT2D eigenvalue weighted by molar-refractivity contribution is -0.148. The average Bonchev–Trinajstić information content (AvgIpc) is 2.48. The number of anilines is 1. The van der Waals surface area contributed by atoms with Crippen LogP contribution < -0.4 is 5.32 Å². The Bertz CT molecular complexity index is 370. The molecular weight excluding hydrogens is 228 g/mol. The van der Waals surface area contributed by atoms with E-state index in [1.807, 2.05) is 20.8 Å². The molecule has 1 rings (SSSR count). The molecule has 0 aromatic carbocycles. The largest absolute Gasteiger partial charge is 0.351 e. The summed E-state index contributed by atoms with van der Waals surface area (Å²) in [6.45, 7) is 6.97. The van der Waals surface area contributed by atoms with Crippen molar-refractivity contribution in [3.8, 4) is 0 Å². The first-order chi connectivity index (χ1) is 7.28. The maximum absolute atomic E-state index is 11.0. The zero-order valence-corrected chi connectivity index (χ0v) is 10.6. The van der Waals surface area contributed by atoms with Crippen LogP contribution in [-0.2, 0) is 4.74 Å². The van der Waals surface area contributed by atoms with Gasteiger partial charge in [0.2, 0.25) is 6.41 Å². The van der Waals surface area contributed by atoms with Crippen LogP contribution in [0.4, 0.5) is 5.13 Å². The second-order valence-electron chi connectivity index (χ2n) is 4.31. The molecular formula is C10H16N2O3S. The van der Waals surface area contributed by atoms with E-state index in [9.17, 15) is 9.90 Å². The molecule has 90 valence electrons. The van der Waals surface area contributed by atoms with Crippen LogP contribution in [0.25, 0.3) is 0 Å². The van der Waals surface area contributed by atoms with Crippen molar-refractivity contribution in [1.82, 2.24) is 4.98 Å². The van der Waals surface area contributed by atoms with Crippen LogP contribution in [0.5, 0.6) is 0 Å². The van der Waals surface area contributed by atoms with E-state index in [0.29, 0.717) is 10.0 Å². The number of thiazole rings is 1. The third-order valence-corrected chi connectivity index (χ3v) is 2.59. The number of hydrogen-bond donors (Lipinski definition) is 2. The molecule has 1 heterocycles. The molecule has 0 bridgehead atoms. The van der Waals surface area contributed by atoms with Crippen LogP contribution in [0.1, 0.15) is 37.4 Å². The van der Waals surface area contributed by atoms with Gasteiger partial charge in [-0.05, 0) is 20.8 Å². The average molecular weight is 244 g/mol. The number of carbonyl (C=O) groups is 1. The van der Waals surface area contributed by atoms with E-state index in [1.165, 1.54) is 24.5 Å². The number of rotatable bonds is 4. The molecule has 1 aromatic rings. The van der Waals surface area contributed by atoms with Crippen LogP contribution in [0.3, 0.4) is 0 Å². The normalized spacial score (nSPS) is 13.6. The third kappa shape index (κ3) is 4.26. The number of nitrogens with zero attached hydrogens (tertiary/aromatic N) is 1. The Labute approximate surface area is 98.5 Å². The van der Waals surface area contributed by atoms with Crippen LogP contribution >= 0.6 is 11.3 Å². The van der Waals surface area contributed by atoms with Crippen LogP contribution in [-0.4, -0.2) is 27.9 Å². The summed E-state index contributed by atoms with van der Waals surface area (Å²) in [5.74, 6) is -0.0446. The highest BCUT2D eigenvalue weighted by Gasteiger charge is 2.17. The van der Waals surface area contributed by atoms with Crippen molar-refractivity contribution in [2.45, 2.75) is 39.7 Å². The Kier molecular flexibility index (Phi) is 4.01. The summed E-state index contributed by atoms with van der Waals surface area (Å²) in [4.78, 5) is 15.5. The fourth-order valence-corrected chi connectivity index (χ4v) is 1.70. The van der Waals surface area contributed by atoms with Crippen molar-refractivity contribution in [3.63, 3.8) is 0 Å². The topological polar surface area (TPSA) is 71.5 Å². The predicted octanol–water partition coefficient (Wildman–Crippen LogP) is 1.85. The van der Waals surface area contributed by atoms with Gasteiger partial charge >= 0.3 is 0 Å². The van der Waals surface area contributed by atoms with Crippen molar-refractivity contribution in [2.75, 3.05) is 5.32 Å². The number of hydrogen-bond acceptors (Lipinski definition) is 6. The lowest BCUT2D eigenvalue weighted by Gasteiger charge is -2.23. The number of ketones is 1. The monoisotopic (exact) mass is 244 g/mol. The zero-order valence-electron chi connectivity index (χ0n) is 9.77. The molecule has 16 heavy (non-hydrogen) atoms. The Morgan fingerprint density at radius 2 is 2.25 bits per heavy atom. The molecule has 1 unspecified atom stereocenters. The van der Waals surface area contributed by atoms with Gasteiger partial charge in [0, 0.05) is 6.92 Å². The maximum atomic E-state index is 11.0. The van der Waals surface area contributed by atoms with Gasteiger partial charge in [-0.1, -0.05) is 11.3 Å². The van der Waals surface area contributed by atoms with Crippen LogP contribution in [0.15, 0.2) is 6.20 Å². The molecule has 0 amide bonds. The van der Waals surface area contributed by atoms with Gasteiger partial charge < -0.3 is 15.2 Å². The highest BCUT2D eigenvalue weighted by Crippen LogP contribution is 2.20. The SMILES string of the molecule is CC(=O)c1cnc(NC(O)OC(C)(C)C)s1. The van der Waals surface area contributed by atoms with Gasteiger partial charge in [-0.2, -0.15) is 0 Å². The molecule has 0 aliphatic heterocycles. The highest BCUT2D eigenvalue weighted by molar-refractivity contribution is 7.17. The summed E-state index contributed by atoms with van der Waals surface area (Å²) < 4.78 is 5.24. The minimum atomic E-state index is -1.13. The van der Waals surface area contributed by atoms with Gasteiger partial charge in [0.1, 0.15) is 0 Å². The highest BCUT2D eigenvalue weighted by atomic mass is 32.1. The smallest absolute Gasteiger partial charge is 0.237 e. The lowest BCUT2D eigenvalue weighted by atomic mass is 10.2. The zero-order chi connectivity index (χ0) is 12.3. The fraction of sp³-hybridized carbons (Fsp3) is 0.600. The van der Waals surface area contributed by atoms with Gasteiger partial charge in [0.05, 0.1) is 16.7 Å². The first kappa shape index (κ1) is 13.1. The molecule has 0 aliphatic carbocycles. The molecule has 0 saturated heterocycles. The second-order valence-corrected chi connectivity index (χ2v) is 5.34. The second kappa shape index (κ2) is 4.90. The van der Waals surface area contributed by atoms with E-state index in [0.717, 1.165) is 0 Å². The minimum absolute atomic E-state index is 0.0446. The summed E-state index contributed by atoms with van der Waals surface area (Å²) in [7, 11) is 0. The van der Waals surface area contributed by atoms with Crippen molar-refractivity contribution >= 4 is 22.3 Å². The molecule has 0 radical (unpaired) electrons. The molecule has 1 atom stereocenters. The molecule has 0 aliphatic rings. The van der Waals surface area contributed by atoms with Gasteiger partial charge in [-0.3, -0.25) is 4.79 Å². The Morgan fingerprint density at radius 3 is 2.69 bits per heavy atom. The Hall–Kier alpha value is -0.980. The van der Waals surface area contributed by atoms with Crippen molar-refractivity contribution < 1.29 is 14.6 Å². The standard InChI is InChI=1S/C10H16N2O3S/c1-6(13)7-5-11-8(16-7)12-9(14)15-10(2,3)4/h5,9,14H,1-4H3,(H,11,12). The van der Waals surface area contributed by atoms with Crippen molar-refractivity contribution in [2.24, 2.45) is 0 Å². The number of aliphatic hydroxyl groups excluding tert-OH is 1. The number of carbonyl (C=O) groups excluding carboxylic acids is 1. The molecule has 0 saturated carbocycles. The first-order valence-electron chi connectivity index (χ1n) is 4.87. The van der Waals surface area contributed by atoms with Crippen LogP contribution in [0.2, 0.25) is 0 Å². The van der Waals surface area contributed by atoms with E-state index in [-0.39, 0.29) is 5.78 Å². The molecule has 5 nitrogen and oxygen atoms in total. The number of aliphatic hydroxyl groups is 1. The first-order valence-corrected chi connectivity index (χ1v) is 5.69. The third-order valence-electron chi connectivity index (χ3n) is 1.56. The minimum Gasteiger partial charge on any atom is -0.351 e. The van der Waals surface area contributed by atoms with Gasteiger partial charge in [-0.15, -0.1) is 0 Å². The molecule has 0 fully saturated rings. The molecule has 1 aromatic heterocycles. The molecule has 2 N–H and O–H groups in total.